The summed E-state index contributed by atoms with van der Waals surface area (Å²) in [7, 11) is 3.91. The maximum absolute atomic E-state index is 12.4. The van der Waals surface area contributed by atoms with Gasteiger partial charge in [0.1, 0.15) is 5.69 Å². The van der Waals surface area contributed by atoms with Crippen LogP contribution in [0.1, 0.15) is 10.5 Å². The lowest BCUT2D eigenvalue weighted by atomic mass is 10.2. The number of benzene rings is 1. The number of carbonyl (C=O) groups is 1. The van der Waals surface area contributed by atoms with Crippen LogP contribution in [0.3, 0.4) is 0 Å². The third kappa shape index (κ3) is 3.13. The Morgan fingerprint density at radius 3 is 2.84 bits per heavy atom. The predicted octanol–water partition coefficient (Wildman–Crippen LogP) is -0.632. The number of nitrogens with one attached hydrogen (secondary N) is 1. The van der Waals surface area contributed by atoms with Crippen molar-refractivity contribution >= 4 is 42.2 Å². The Morgan fingerprint density at radius 1 is 1.36 bits per heavy atom. The number of hydrogen-bond acceptors (Lipinski definition) is 6. The van der Waals surface area contributed by atoms with Crippen LogP contribution in [0, 0.1) is 0 Å². The first-order valence-corrected chi connectivity index (χ1v) is 8.66. The highest BCUT2D eigenvalue weighted by Crippen LogP contribution is 2.24. The van der Waals surface area contributed by atoms with E-state index in [1.165, 1.54) is 10.6 Å². The molecule has 10 heteroatoms. The van der Waals surface area contributed by atoms with Gasteiger partial charge >= 0.3 is 5.69 Å². The summed E-state index contributed by atoms with van der Waals surface area (Å²) in [6.07, 6.45) is 0. The minimum Gasteiger partial charge on any atom is -0.395 e. The Kier molecular flexibility index (Phi) is 4.80. The third-order valence-corrected chi connectivity index (χ3v) is 5.06. The molecule has 25 heavy (non-hydrogen) atoms. The molecule has 0 saturated heterocycles. The molecule has 2 aromatic heterocycles. The molecule has 0 fully saturated rings. The molecule has 0 bridgehead atoms. The van der Waals surface area contributed by atoms with Gasteiger partial charge in [0.25, 0.3) is 11.5 Å². The molecule has 0 aliphatic rings. The molecule has 130 valence electrons. The maximum atomic E-state index is 12.4. The van der Waals surface area contributed by atoms with E-state index >= 15 is 0 Å². The molecule has 2 N–H and O–H groups in total. The summed E-state index contributed by atoms with van der Waals surface area (Å²) in [6.45, 7) is -0.0565. The minimum absolute atomic E-state index is 0.118. The summed E-state index contributed by atoms with van der Waals surface area (Å²) >= 11 is 1.15. The van der Waals surface area contributed by atoms with Gasteiger partial charge in [0.2, 0.25) is 0 Å². The number of amides is 1. The van der Waals surface area contributed by atoms with E-state index in [4.69, 9.17) is 5.11 Å². The van der Waals surface area contributed by atoms with Crippen molar-refractivity contribution < 1.29 is 9.90 Å². The lowest BCUT2D eigenvalue weighted by Gasteiger charge is -2.09. The Morgan fingerprint density at radius 2 is 2.12 bits per heavy atom. The van der Waals surface area contributed by atoms with Gasteiger partial charge < -0.3 is 10.4 Å². The molecule has 0 aliphatic carbocycles. The standard InChI is InChI=1S/C15H15N4O4PS/c1-18-12(24)7-11(21)19(15(18)23)8-2-3-10-9(6-8)13(17-25-10)14(22)16-4-5-20/h2-3,6-7,20H,4-5,24H2,1H3,(H,16,22). The molecule has 1 aromatic carbocycles. The summed E-state index contributed by atoms with van der Waals surface area (Å²) in [4.78, 5) is 36.8. The molecule has 8 nitrogen and oxygen atoms in total. The van der Waals surface area contributed by atoms with Gasteiger partial charge in [-0.15, -0.1) is 0 Å². The van der Waals surface area contributed by atoms with Crippen LogP contribution in [-0.2, 0) is 7.05 Å². The summed E-state index contributed by atoms with van der Waals surface area (Å²) in [5.74, 6) is -0.419. The van der Waals surface area contributed by atoms with Gasteiger partial charge in [-0.3, -0.25) is 14.2 Å². The van der Waals surface area contributed by atoms with Crippen LogP contribution in [0.25, 0.3) is 15.8 Å². The van der Waals surface area contributed by atoms with Gasteiger partial charge in [-0.1, -0.05) is 9.24 Å². The topological polar surface area (TPSA) is 106 Å². The van der Waals surface area contributed by atoms with Gasteiger partial charge in [0.15, 0.2) is 0 Å². The van der Waals surface area contributed by atoms with Crippen molar-refractivity contribution in [2.45, 2.75) is 0 Å². The van der Waals surface area contributed by atoms with E-state index in [9.17, 15) is 14.4 Å². The molecule has 1 atom stereocenters. The third-order valence-electron chi connectivity index (χ3n) is 3.68. The number of aliphatic hydroxyl groups is 1. The Labute approximate surface area is 148 Å². The van der Waals surface area contributed by atoms with Crippen LogP contribution in [0.15, 0.2) is 33.9 Å². The zero-order chi connectivity index (χ0) is 18.1. The first-order chi connectivity index (χ1) is 11.9. The SMILES string of the molecule is Cn1c(P)cc(=O)n(-c2ccc3snc(C(=O)NCCO)c3c2)c1=O. The van der Waals surface area contributed by atoms with E-state index < -0.39 is 17.2 Å². The lowest BCUT2D eigenvalue weighted by molar-refractivity contribution is 0.0942. The number of aliphatic hydroxyl groups excluding tert-OH is 1. The average Bonchev–Trinajstić information content (AvgIpc) is 3.01. The smallest absolute Gasteiger partial charge is 0.335 e. The fraction of sp³-hybridized carbons (Fsp3) is 0.200. The number of aromatic nitrogens is 3. The number of fused-ring (bicyclic) bond motifs is 1. The molecule has 3 aromatic rings. The van der Waals surface area contributed by atoms with Crippen molar-refractivity contribution in [1.29, 1.82) is 0 Å². The highest BCUT2D eigenvalue weighted by molar-refractivity contribution is 7.26. The van der Waals surface area contributed by atoms with Crippen LogP contribution in [0.4, 0.5) is 0 Å². The van der Waals surface area contributed by atoms with Crippen molar-refractivity contribution in [3.63, 3.8) is 0 Å². The zero-order valence-corrected chi connectivity index (χ0v) is 15.2. The summed E-state index contributed by atoms with van der Waals surface area (Å²) in [5, 5.41) is 11.9. The zero-order valence-electron chi connectivity index (χ0n) is 13.2. The van der Waals surface area contributed by atoms with Crippen molar-refractivity contribution in [2.24, 2.45) is 7.05 Å². The van der Waals surface area contributed by atoms with E-state index in [-0.39, 0.29) is 18.8 Å². The van der Waals surface area contributed by atoms with Gasteiger partial charge in [-0.05, 0) is 29.7 Å². The molecular formula is C15H15N4O4PS. The highest BCUT2D eigenvalue weighted by atomic mass is 32.1. The van der Waals surface area contributed by atoms with Crippen LogP contribution >= 0.6 is 20.8 Å². The second kappa shape index (κ2) is 6.87. The number of hydrogen-bond donors (Lipinski definition) is 2. The monoisotopic (exact) mass is 378 g/mol. The molecule has 0 spiro atoms. The summed E-state index contributed by atoms with van der Waals surface area (Å²) < 4.78 is 7.27. The van der Waals surface area contributed by atoms with E-state index in [1.54, 1.807) is 25.2 Å². The predicted molar refractivity (Wildman–Crippen MR) is 99.2 cm³/mol. The van der Waals surface area contributed by atoms with Gasteiger partial charge in [0, 0.05) is 30.5 Å². The fourth-order valence-electron chi connectivity index (χ4n) is 2.36. The maximum Gasteiger partial charge on any atom is 0.335 e. The van der Waals surface area contributed by atoms with Crippen LogP contribution < -0.4 is 22.0 Å². The molecule has 1 unspecified atom stereocenters. The second-order valence-corrected chi connectivity index (χ2v) is 6.67. The number of rotatable bonds is 4. The highest BCUT2D eigenvalue weighted by Gasteiger charge is 2.16. The second-order valence-electron chi connectivity index (χ2n) is 5.28. The van der Waals surface area contributed by atoms with Crippen LogP contribution in [0.2, 0.25) is 0 Å². The Bertz CT molecular complexity index is 1090. The summed E-state index contributed by atoms with van der Waals surface area (Å²) in [5.41, 5.74) is 0.101. The molecule has 0 saturated carbocycles. The molecule has 0 radical (unpaired) electrons. The van der Waals surface area contributed by atoms with Gasteiger partial charge in [-0.25, -0.2) is 9.36 Å². The normalized spacial score (nSPS) is 11.0. The van der Waals surface area contributed by atoms with E-state index in [2.05, 4.69) is 18.9 Å². The van der Waals surface area contributed by atoms with Crippen LogP contribution in [0.5, 0.6) is 0 Å². The van der Waals surface area contributed by atoms with E-state index in [0.29, 0.717) is 16.5 Å². The fourth-order valence-corrected chi connectivity index (χ4v) is 3.37. The first kappa shape index (κ1) is 17.5. The molecule has 3 rings (SSSR count). The minimum atomic E-state index is -0.480. The largest absolute Gasteiger partial charge is 0.395 e. The quantitative estimate of drug-likeness (QED) is 0.588. The average molecular weight is 378 g/mol. The van der Waals surface area contributed by atoms with Crippen molar-refractivity contribution in [1.82, 2.24) is 18.8 Å². The van der Waals surface area contributed by atoms with Gasteiger partial charge in [0.05, 0.1) is 17.0 Å². The molecule has 0 aliphatic heterocycles. The van der Waals surface area contributed by atoms with E-state index in [0.717, 1.165) is 20.8 Å². The van der Waals surface area contributed by atoms with Crippen molar-refractivity contribution in [3.8, 4) is 5.69 Å². The Hall–Kier alpha value is -2.35. The summed E-state index contributed by atoms with van der Waals surface area (Å²) in [6, 6.07) is 6.29. The number of carbonyl (C=O) groups excluding carboxylic acids is 1. The molecular weight excluding hydrogens is 363 g/mol. The van der Waals surface area contributed by atoms with Crippen molar-refractivity contribution in [3.05, 3.63) is 50.8 Å². The first-order valence-electron chi connectivity index (χ1n) is 7.31. The van der Waals surface area contributed by atoms with Crippen LogP contribution in [-0.4, -0.2) is 37.7 Å². The Balaban J connectivity index is 2.17. The van der Waals surface area contributed by atoms with Crippen molar-refractivity contribution in [2.75, 3.05) is 13.2 Å². The van der Waals surface area contributed by atoms with Gasteiger partial charge in [-0.2, -0.15) is 4.37 Å². The number of nitrogens with zero attached hydrogens (tertiary/aromatic N) is 3. The van der Waals surface area contributed by atoms with E-state index in [1.807, 2.05) is 0 Å². The molecule has 2 heterocycles. The lowest BCUT2D eigenvalue weighted by Crippen LogP contribution is -2.42. The molecule has 1 amide bonds.